The summed E-state index contributed by atoms with van der Waals surface area (Å²) in [7, 11) is 1.67. The Kier molecular flexibility index (Phi) is 6.41. The minimum absolute atomic E-state index is 0.156. The van der Waals surface area contributed by atoms with Gasteiger partial charge in [0, 0.05) is 56.7 Å². The van der Waals surface area contributed by atoms with Crippen molar-refractivity contribution in [2.24, 2.45) is 0 Å². The van der Waals surface area contributed by atoms with E-state index < -0.39 is 0 Å². The van der Waals surface area contributed by atoms with Crippen LogP contribution >= 0.6 is 0 Å². The number of carbonyl (C=O) groups excluding carboxylic acids is 1. The van der Waals surface area contributed by atoms with Crippen LogP contribution in [0.3, 0.4) is 0 Å². The Morgan fingerprint density at radius 1 is 1.06 bits per heavy atom. The molecule has 1 aromatic heterocycles. The van der Waals surface area contributed by atoms with Crippen LogP contribution in [0.25, 0.3) is 16.9 Å². The lowest BCUT2D eigenvalue weighted by atomic mass is 10.1. The van der Waals surface area contributed by atoms with Crippen molar-refractivity contribution in [2.75, 3.05) is 39.9 Å². The number of ether oxygens (including phenoxy) is 2. The minimum atomic E-state index is -0.234. The molecule has 33 heavy (non-hydrogen) atoms. The summed E-state index contributed by atoms with van der Waals surface area (Å²) in [5.41, 5.74) is 4.24. The molecule has 2 aliphatic heterocycles. The maximum Gasteiger partial charge on any atom is 0.251 e. The minimum Gasteiger partial charge on any atom is -0.497 e. The zero-order valence-electron chi connectivity index (χ0n) is 19.0. The maximum atomic E-state index is 12.7. The number of nitrogens with zero attached hydrogens (tertiary/aromatic N) is 4. The number of amides is 1. The van der Waals surface area contributed by atoms with Gasteiger partial charge in [0.15, 0.2) is 0 Å². The average Bonchev–Trinajstić information content (AvgIpc) is 3.56. The first-order chi connectivity index (χ1) is 16.2. The number of para-hydroxylation sites is 1. The fraction of sp³-hybridized carbons (Fsp3) is 0.385. The van der Waals surface area contributed by atoms with Crippen LogP contribution in [0.4, 0.5) is 0 Å². The Bertz CT molecular complexity index is 1070. The van der Waals surface area contributed by atoms with E-state index in [-0.39, 0.29) is 12.0 Å². The van der Waals surface area contributed by atoms with Gasteiger partial charge in [0.1, 0.15) is 11.9 Å². The van der Waals surface area contributed by atoms with Gasteiger partial charge in [0.25, 0.3) is 5.91 Å². The highest BCUT2D eigenvalue weighted by Crippen LogP contribution is 2.27. The van der Waals surface area contributed by atoms with Gasteiger partial charge < -0.3 is 14.4 Å². The van der Waals surface area contributed by atoms with Gasteiger partial charge in [0.05, 0.1) is 18.5 Å². The number of hydrogen-bond donors (Lipinski definition) is 0. The third kappa shape index (κ3) is 4.79. The fourth-order valence-corrected chi connectivity index (χ4v) is 4.57. The van der Waals surface area contributed by atoms with Crippen molar-refractivity contribution in [3.8, 4) is 22.7 Å². The van der Waals surface area contributed by atoms with E-state index in [1.165, 1.54) is 5.56 Å². The molecule has 7 heteroatoms. The number of piperazine rings is 1. The lowest BCUT2D eigenvalue weighted by Gasteiger charge is -2.35. The van der Waals surface area contributed by atoms with E-state index in [0.717, 1.165) is 68.3 Å². The molecule has 2 aliphatic rings. The summed E-state index contributed by atoms with van der Waals surface area (Å²) in [6.07, 6.45) is 3.72. The summed E-state index contributed by atoms with van der Waals surface area (Å²) in [5.74, 6) is 0.984. The summed E-state index contributed by atoms with van der Waals surface area (Å²) < 4.78 is 12.9. The molecular weight excluding hydrogens is 416 g/mol. The molecule has 0 N–H and O–H groups in total. The van der Waals surface area contributed by atoms with Gasteiger partial charge in [-0.2, -0.15) is 5.10 Å². The molecule has 2 fully saturated rings. The van der Waals surface area contributed by atoms with Crippen LogP contribution in [0.5, 0.6) is 5.75 Å². The maximum absolute atomic E-state index is 12.7. The zero-order valence-corrected chi connectivity index (χ0v) is 19.0. The van der Waals surface area contributed by atoms with Crippen molar-refractivity contribution in [3.05, 3.63) is 66.4 Å². The summed E-state index contributed by atoms with van der Waals surface area (Å²) in [6.45, 7) is 4.66. The molecule has 0 radical (unpaired) electrons. The summed E-state index contributed by atoms with van der Waals surface area (Å²) in [4.78, 5) is 17.0. The second-order valence-electron chi connectivity index (χ2n) is 8.61. The van der Waals surface area contributed by atoms with E-state index in [0.29, 0.717) is 6.61 Å². The molecule has 172 valence electrons. The predicted molar refractivity (Wildman–Crippen MR) is 126 cm³/mol. The van der Waals surface area contributed by atoms with E-state index >= 15 is 0 Å². The highest BCUT2D eigenvalue weighted by Gasteiger charge is 2.30. The third-order valence-electron chi connectivity index (χ3n) is 6.46. The van der Waals surface area contributed by atoms with Crippen LogP contribution < -0.4 is 4.74 Å². The molecule has 1 atom stereocenters. The van der Waals surface area contributed by atoms with Gasteiger partial charge in [-0.05, 0) is 49.2 Å². The van der Waals surface area contributed by atoms with Gasteiger partial charge in [-0.15, -0.1) is 0 Å². The lowest BCUT2D eigenvalue weighted by molar-refractivity contribution is -0.142. The fourth-order valence-electron chi connectivity index (χ4n) is 4.57. The second kappa shape index (κ2) is 9.77. The van der Waals surface area contributed by atoms with Crippen molar-refractivity contribution in [1.82, 2.24) is 19.6 Å². The van der Waals surface area contributed by atoms with E-state index in [1.807, 2.05) is 39.9 Å². The largest absolute Gasteiger partial charge is 0.497 e. The van der Waals surface area contributed by atoms with Crippen LogP contribution in [-0.2, 0) is 16.1 Å². The van der Waals surface area contributed by atoms with Gasteiger partial charge in [-0.1, -0.05) is 18.2 Å². The van der Waals surface area contributed by atoms with Gasteiger partial charge in [-0.3, -0.25) is 9.69 Å². The van der Waals surface area contributed by atoms with Crippen molar-refractivity contribution in [1.29, 1.82) is 0 Å². The summed E-state index contributed by atoms with van der Waals surface area (Å²) in [6, 6.07) is 18.2. The average molecular weight is 447 g/mol. The molecular formula is C26H30N4O3. The van der Waals surface area contributed by atoms with E-state index in [4.69, 9.17) is 14.6 Å². The number of carbonyl (C=O) groups is 1. The smallest absolute Gasteiger partial charge is 0.251 e. The first kappa shape index (κ1) is 21.7. The van der Waals surface area contributed by atoms with Crippen molar-refractivity contribution in [2.45, 2.75) is 25.5 Å². The molecule has 2 aromatic carbocycles. The number of aromatic nitrogens is 2. The molecule has 0 bridgehead atoms. The Morgan fingerprint density at radius 2 is 1.82 bits per heavy atom. The monoisotopic (exact) mass is 446 g/mol. The standard InChI is InChI=1S/C26H30N4O3/c1-32-23-11-9-20(10-12-23)25-21(19-30(27-25)22-6-3-2-4-7-22)18-28-13-15-29(16-14-28)26(31)24-8-5-17-33-24/h2-4,6-7,9-12,19,24H,5,8,13-18H2,1H3. The number of hydrogen-bond acceptors (Lipinski definition) is 5. The molecule has 0 aliphatic carbocycles. The number of rotatable bonds is 6. The van der Waals surface area contributed by atoms with Gasteiger partial charge in [-0.25, -0.2) is 4.68 Å². The third-order valence-corrected chi connectivity index (χ3v) is 6.46. The summed E-state index contributed by atoms with van der Waals surface area (Å²) in [5, 5.41) is 4.94. The van der Waals surface area contributed by atoms with Crippen molar-refractivity contribution >= 4 is 5.91 Å². The Hall–Kier alpha value is -3.16. The Labute approximate surface area is 194 Å². The molecule has 7 nitrogen and oxygen atoms in total. The highest BCUT2D eigenvalue weighted by molar-refractivity contribution is 5.81. The van der Waals surface area contributed by atoms with Crippen LogP contribution in [0, 0.1) is 0 Å². The molecule has 3 aromatic rings. The Morgan fingerprint density at radius 3 is 2.48 bits per heavy atom. The molecule has 3 heterocycles. The first-order valence-electron chi connectivity index (χ1n) is 11.6. The first-order valence-corrected chi connectivity index (χ1v) is 11.6. The number of benzene rings is 2. The highest BCUT2D eigenvalue weighted by atomic mass is 16.5. The molecule has 5 rings (SSSR count). The van der Waals surface area contributed by atoms with Crippen LogP contribution in [0.1, 0.15) is 18.4 Å². The molecule has 2 saturated heterocycles. The van der Waals surface area contributed by atoms with Crippen LogP contribution in [0.2, 0.25) is 0 Å². The van der Waals surface area contributed by atoms with Gasteiger partial charge in [0.2, 0.25) is 0 Å². The van der Waals surface area contributed by atoms with E-state index in [2.05, 4.69) is 35.4 Å². The van der Waals surface area contributed by atoms with E-state index in [1.54, 1.807) is 7.11 Å². The molecule has 0 saturated carbocycles. The van der Waals surface area contributed by atoms with Crippen molar-refractivity contribution < 1.29 is 14.3 Å². The Balaban J connectivity index is 1.33. The quantitative estimate of drug-likeness (QED) is 0.581. The SMILES string of the molecule is COc1ccc(-c2nn(-c3ccccc3)cc2CN2CCN(C(=O)C3CCCO3)CC2)cc1. The molecule has 0 spiro atoms. The van der Waals surface area contributed by atoms with Crippen molar-refractivity contribution in [3.63, 3.8) is 0 Å². The second-order valence-corrected chi connectivity index (χ2v) is 8.61. The van der Waals surface area contributed by atoms with Crippen LogP contribution in [0.15, 0.2) is 60.8 Å². The molecule has 1 amide bonds. The molecule has 1 unspecified atom stereocenters. The van der Waals surface area contributed by atoms with Crippen LogP contribution in [-0.4, -0.2) is 71.5 Å². The normalized spacial score (nSPS) is 19.1. The van der Waals surface area contributed by atoms with Gasteiger partial charge >= 0.3 is 0 Å². The predicted octanol–water partition coefficient (Wildman–Crippen LogP) is 3.37. The van der Waals surface area contributed by atoms with E-state index in [9.17, 15) is 4.79 Å². The number of methoxy groups -OCH3 is 1. The summed E-state index contributed by atoms with van der Waals surface area (Å²) >= 11 is 0. The zero-order chi connectivity index (χ0) is 22.6. The lowest BCUT2D eigenvalue weighted by Crippen LogP contribution is -2.51. The topological polar surface area (TPSA) is 59.8 Å².